The minimum Gasteiger partial charge on any atom is -0.444 e. The average Bonchev–Trinajstić information content (AvgIpc) is 2.80. The summed E-state index contributed by atoms with van der Waals surface area (Å²) in [7, 11) is 0. The van der Waals surface area contributed by atoms with E-state index in [0.717, 1.165) is 19.4 Å². The molecule has 6 nitrogen and oxygen atoms in total. The summed E-state index contributed by atoms with van der Waals surface area (Å²) in [6.07, 6.45) is 5.01. The molecule has 0 radical (unpaired) electrons. The van der Waals surface area contributed by atoms with Gasteiger partial charge in [-0.3, -0.25) is 0 Å². The maximum absolute atomic E-state index is 12.0. The lowest BCUT2D eigenvalue weighted by atomic mass is 10.1. The first-order chi connectivity index (χ1) is 8.46. The van der Waals surface area contributed by atoms with E-state index in [-0.39, 0.29) is 12.1 Å². The van der Waals surface area contributed by atoms with E-state index in [2.05, 4.69) is 10.2 Å². The van der Waals surface area contributed by atoms with E-state index < -0.39 is 5.60 Å². The highest BCUT2D eigenvalue weighted by atomic mass is 16.6. The molecule has 2 heterocycles. The van der Waals surface area contributed by atoms with Crippen molar-refractivity contribution < 1.29 is 9.53 Å². The molecule has 1 aromatic rings. The first-order valence-electron chi connectivity index (χ1n) is 6.29. The van der Waals surface area contributed by atoms with Gasteiger partial charge in [0.25, 0.3) is 0 Å². The Morgan fingerprint density at radius 1 is 1.33 bits per heavy atom. The van der Waals surface area contributed by atoms with Crippen molar-refractivity contribution in [2.75, 3.05) is 13.1 Å². The van der Waals surface area contributed by atoms with Crippen LogP contribution in [0.4, 0.5) is 4.79 Å². The Morgan fingerprint density at radius 3 is 2.61 bits per heavy atom. The number of carbonyl (C=O) groups excluding carboxylic acids is 1. The number of hydrogen-bond acceptors (Lipinski definition) is 4. The quantitative estimate of drug-likeness (QED) is 0.765. The van der Waals surface area contributed by atoms with Gasteiger partial charge in [-0.25, -0.2) is 4.79 Å². The number of amides is 1. The number of ether oxygens (including phenoxy) is 1. The Morgan fingerprint density at radius 2 is 2.00 bits per heavy atom. The van der Waals surface area contributed by atoms with Crippen molar-refractivity contribution in [3.05, 3.63) is 12.4 Å². The number of aromatic nitrogens is 3. The lowest BCUT2D eigenvalue weighted by molar-refractivity contribution is 0.0160. The standard InChI is InChI=1S/C12H20N4O2/c1-12(2,3)18-11(17)15-8-4-5-10(9-15)16-13-6-7-14-16/h6-7,10H,4-5,8-9H2,1-3H3. The van der Waals surface area contributed by atoms with Gasteiger partial charge in [-0.1, -0.05) is 0 Å². The zero-order valence-corrected chi connectivity index (χ0v) is 11.2. The summed E-state index contributed by atoms with van der Waals surface area (Å²) >= 11 is 0. The van der Waals surface area contributed by atoms with Gasteiger partial charge in [0.15, 0.2) is 0 Å². The summed E-state index contributed by atoms with van der Waals surface area (Å²) in [5.74, 6) is 0. The maximum Gasteiger partial charge on any atom is 0.410 e. The van der Waals surface area contributed by atoms with Crippen LogP contribution in [0.15, 0.2) is 12.4 Å². The van der Waals surface area contributed by atoms with Gasteiger partial charge >= 0.3 is 6.09 Å². The van der Waals surface area contributed by atoms with Crippen LogP contribution in [0.5, 0.6) is 0 Å². The SMILES string of the molecule is CC(C)(C)OC(=O)N1CCCC(n2nccn2)C1. The first-order valence-corrected chi connectivity index (χ1v) is 6.29. The van der Waals surface area contributed by atoms with Gasteiger partial charge in [-0.2, -0.15) is 15.0 Å². The normalized spacial score (nSPS) is 20.8. The highest BCUT2D eigenvalue weighted by molar-refractivity contribution is 5.68. The smallest absolute Gasteiger partial charge is 0.410 e. The summed E-state index contributed by atoms with van der Waals surface area (Å²) in [5, 5.41) is 8.27. The minimum atomic E-state index is -0.450. The number of likely N-dealkylation sites (tertiary alicyclic amines) is 1. The molecule has 6 heteroatoms. The molecule has 100 valence electrons. The zero-order chi connectivity index (χ0) is 13.2. The van der Waals surface area contributed by atoms with Gasteiger partial charge in [0.1, 0.15) is 5.60 Å². The molecule has 0 bridgehead atoms. The Hall–Kier alpha value is -1.59. The monoisotopic (exact) mass is 252 g/mol. The van der Waals surface area contributed by atoms with Crippen molar-refractivity contribution in [1.82, 2.24) is 19.9 Å². The van der Waals surface area contributed by atoms with Crippen LogP contribution >= 0.6 is 0 Å². The Kier molecular flexibility index (Phi) is 3.54. The van der Waals surface area contributed by atoms with E-state index in [4.69, 9.17) is 4.74 Å². The second-order valence-corrected chi connectivity index (χ2v) is 5.57. The van der Waals surface area contributed by atoms with Crippen LogP contribution in [-0.2, 0) is 4.74 Å². The second kappa shape index (κ2) is 4.96. The molecule has 1 unspecified atom stereocenters. The van der Waals surface area contributed by atoms with Crippen LogP contribution in [0.3, 0.4) is 0 Å². The molecule has 2 rings (SSSR count). The molecule has 0 N–H and O–H groups in total. The fourth-order valence-corrected chi connectivity index (χ4v) is 2.05. The third kappa shape index (κ3) is 3.21. The zero-order valence-electron chi connectivity index (χ0n) is 11.2. The van der Waals surface area contributed by atoms with Gasteiger partial charge in [0, 0.05) is 13.1 Å². The molecule has 0 spiro atoms. The fourth-order valence-electron chi connectivity index (χ4n) is 2.05. The molecule has 1 saturated heterocycles. The van der Waals surface area contributed by atoms with Crippen molar-refractivity contribution in [1.29, 1.82) is 0 Å². The Labute approximate surface area is 107 Å². The summed E-state index contributed by atoms with van der Waals surface area (Å²) in [6, 6.07) is 0.154. The molecule has 1 fully saturated rings. The van der Waals surface area contributed by atoms with E-state index in [9.17, 15) is 4.79 Å². The number of hydrogen-bond donors (Lipinski definition) is 0. The van der Waals surface area contributed by atoms with Crippen LogP contribution in [0.25, 0.3) is 0 Å². The van der Waals surface area contributed by atoms with Crippen LogP contribution in [0.2, 0.25) is 0 Å². The average molecular weight is 252 g/mol. The highest BCUT2D eigenvalue weighted by Crippen LogP contribution is 2.21. The van der Waals surface area contributed by atoms with E-state index in [1.54, 1.807) is 22.1 Å². The van der Waals surface area contributed by atoms with Gasteiger partial charge in [-0.05, 0) is 33.6 Å². The van der Waals surface area contributed by atoms with Gasteiger partial charge in [-0.15, -0.1) is 0 Å². The molecule has 1 aliphatic heterocycles. The third-order valence-corrected chi connectivity index (χ3v) is 2.81. The van der Waals surface area contributed by atoms with Crippen LogP contribution in [-0.4, -0.2) is 44.7 Å². The summed E-state index contributed by atoms with van der Waals surface area (Å²) in [4.78, 5) is 15.4. The van der Waals surface area contributed by atoms with Crippen molar-refractivity contribution >= 4 is 6.09 Å². The topological polar surface area (TPSA) is 60.2 Å². The van der Waals surface area contributed by atoms with E-state index in [1.807, 2.05) is 20.8 Å². The second-order valence-electron chi connectivity index (χ2n) is 5.57. The minimum absolute atomic E-state index is 0.154. The van der Waals surface area contributed by atoms with E-state index in [1.165, 1.54) is 0 Å². The maximum atomic E-state index is 12.0. The van der Waals surface area contributed by atoms with Crippen molar-refractivity contribution in [2.45, 2.75) is 45.3 Å². The third-order valence-electron chi connectivity index (χ3n) is 2.81. The molecule has 1 aliphatic rings. The van der Waals surface area contributed by atoms with Gasteiger partial charge in [0.05, 0.1) is 18.4 Å². The largest absolute Gasteiger partial charge is 0.444 e. The number of rotatable bonds is 1. The summed E-state index contributed by atoms with van der Waals surface area (Å²) in [5.41, 5.74) is -0.450. The predicted octanol–water partition coefficient (Wildman–Crippen LogP) is 1.85. The van der Waals surface area contributed by atoms with Crippen molar-refractivity contribution in [2.24, 2.45) is 0 Å². The summed E-state index contributed by atoms with van der Waals surface area (Å²) in [6.45, 7) is 6.99. The van der Waals surface area contributed by atoms with Crippen molar-refractivity contribution in [3.63, 3.8) is 0 Å². The number of nitrogens with zero attached hydrogens (tertiary/aromatic N) is 4. The van der Waals surface area contributed by atoms with Crippen molar-refractivity contribution in [3.8, 4) is 0 Å². The molecular weight excluding hydrogens is 232 g/mol. The van der Waals surface area contributed by atoms with Gasteiger partial charge in [0.2, 0.25) is 0 Å². The molecule has 18 heavy (non-hydrogen) atoms. The fraction of sp³-hybridized carbons (Fsp3) is 0.750. The Balaban J connectivity index is 1.96. The lowest BCUT2D eigenvalue weighted by Crippen LogP contribution is -2.43. The molecule has 1 atom stereocenters. The number of piperidine rings is 1. The molecule has 0 aliphatic carbocycles. The first kappa shape index (κ1) is 12.9. The lowest BCUT2D eigenvalue weighted by Gasteiger charge is -2.33. The molecule has 0 aromatic carbocycles. The van der Waals surface area contributed by atoms with E-state index >= 15 is 0 Å². The molecule has 1 amide bonds. The van der Waals surface area contributed by atoms with Crippen LogP contribution in [0, 0.1) is 0 Å². The van der Waals surface area contributed by atoms with Crippen LogP contribution in [0.1, 0.15) is 39.7 Å². The summed E-state index contributed by atoms with van der Waals surface area (Å²) < 4.78 is 5.38. The van der Waals surface area contributed by atoms with E-state index in [0.29, 0.717) is 6.54 Å². The highest BCUT2D eigenvalue weighted by Gasteiger charge is 2.28. The van der Waals surface area contributed by atoms with Gasteiger partial charge < -0.3 is 9.64 Å². The molecule has 0 saturated carbocycles. The molecular formula is C12H20N4O2. The number of carbonyl (C=O) groups is 1. The predicted molar refractivity (Wildman–Crippen MR) is 66.1 cm³/mol. The Bertz CT molecular complexity index is 397. The van der Waals surface area contributed by atoms with Crippen LogP contribution < -0.4 is 0 Å². The molecule has 1 aromatic heterocycles.